The quantitative estimate of drug-likeness (QED) is 0.153. The van der Waals surface area contributed by atoms with Gasteiger partial charge in [0, 0.05) is 24.7 Å². The molecule has 1 rings (SSSR count). The van der Waals surface area contributed by atoms with Crippen molar-refractivity contribution < 1.29 is 39.3 Å². The number of amides is 3. The van der Waals surface area contributed by atoms with Gasteiger partial charge in [-0.05, 0) is 6.42 Å². The molecule has 0 radical (unpaired) electrons. The van der Waals surface area contributed by atoms with Crippen molar-refractivity contribution >= 4 is 29.7 Å². The van der Waals surface area contributed by atoms with E-state index in [0.717, 1.165) is 0 Å². The molecule has 0 saturated carbocycles. The van der Waals surface area contributed by atoms with Gasteiger partial charge in [-0.3, -0.25) is 19.2 Å². The van der Waals surface area contributed by atoms with E-state index in [1.165, 1.54) is 12.5 Å². The maximum absolute atomic E-state index is 12.7. The van der Waals surface area contributed by atoms with Crippen LogP contribution in [0.1, 0.15) is 18.5 Å². The molecule has 0 aliphatic heterocycles. The van der Waals surface area contributed by atoms with Crippen LogP contribution in [-0.4, -0.2) is 86.2 Å². The van der Waals surface area contributed by atoms with Gasteiger partial charge in [0.05, 0.1) is 19.5 Å². The number of imidazole rings is 1. The summed E-state index contributed by atoms with van der Waals surface area (Å²) in [5, 5.41) is 33.5. The first-order valence-electron chi connectivity index (χ1n) is 8.80. The molecule has 0 bridgehead atoms. The standard InChI is InChI=1S/C16H24N6O8/c17-4-12(24)20-10(3-8-5-18-7-19-8)15(28)21-9(1-2-13(25)26)14(27)22-11(6-23)16(29)30/h5,7,9-11,23H,1-4,6,17H2,(H,18,19)(H,20,24)(H,21,28)(H,22,27)(H,25,26)(H,29,30). The Bertz CT molecular complexity index is 753. The number of rotatable bonds is 13. The lowest BCUT2D eigenvalue weighted by atomic mass is 10.1. The molecule has 30 heavy (non-hydrogen) atoms. The molecular formula is C16H24N6O8. The van der Waals surface area contributed by atoms with Crippen LogP contribution in [0.4, 0.5) is 0 Å². The van der Waals surface area contributed by atoms with Crippen molar-refractivity contribution in [1.29, 1.82) is 0 Å². The molecule has 14 heteroatoms. The number of nitrogens with two attached hydrogens (primary N) is 1. The van der Waals surface area contributed by atoms with Gasteiger partial charge in [0.1, 0.15) is 18.1 Å². The molecule has 0 spiro atoms. The van der Waals surface area contributed by atoms with Crippen LogP contribution in [0.15, 0.2) is 12.5 Å². The molecule has 0 fully saturated rings. The number of carbonyl (C=O) groups is 5. The van der Waals surface area contributed by atoms with Crippen LogP contribution in [0.3, 0.4) is 0 Å². The van der Waals surface area contributed by atoms with Crippen LogP contribution in [0.25, 0.3) is 0 Å². The van der Waals surface area contributed by atoms with Crippen LogP contribution in [-0.2, 0) is 30.4 Å². The monoisotopic (exact) mass is 428 g/mol. The SMILES string of the molecule is NCC(=O)NC(Cc1cnc[nH]1)C(=O)NC(CCC(=O)O)C(=O)NC(CO)C(=O)O. The fourth-order valence-corrected chi connectivity index (χ4v) is 2.35. The predicted octanol–water partition coefficient (Wildman–Crippen LogP) is -3.69. The summed E-state index contributed by atoms with van der Waals surface area (Å²) in [6.07, 6.45) is 1.89. The maximum Gasteiger partial charge on any atom is 0.328 e. The maximum atomic E-state index is 12.7. The number of H-pyrrole nitrogens is 1. The number of aliphatic hydroxyl groups excluding tert-OH is 1. The van der Waals surface area contributed by atoms with Crippen molar-refractivity contribution in [2.45, 2.75) is 37.4 Å². The zero-order valence-electron chi connectivity index (χ0n) is 15.8. The van der Waals surface area contributed by atoms with Gasteiger partial charge in [0.25, 0.3) is 0 Å². The Balaban J connectivity index is 2.96. The number of carbonyl (C=O) groups excluding carboxylic acids is 3. The van der Waals surface area contributed by atoms with Gasteiger partial charge in [-0.1, -0.05) is 0 Å². The van der Waals surface area contributed by atoms with E-state index in [9.17, 15) is 24.0 Å². The second-order valence-electron chi connectivity index (χ2n) is 6.18. The highest BCUT2D eigenvalue weighted by molar-refractivity contribution is 5.93. The Hall–Kier alpha value is -3.52. The molecule has 0 aliphatic carbocycles. The van der Waals surface area contributed by atoms with E-state index in [-0.39, 0.29) is 12.8 Å². The van der Waals surface area contributed by atoms with Crippen molar-refractivity contribution in [3.05, 3.63) is 18.2 Å². The Labute approximate surface area is 170 Å². The lowest BCUT2D eigenvalue weighted by molar-refractivity contribution is -0.144. The molecule has 0 saturated heterocycles. The molecule has 166 valence electrons. The number of aromatic nitrogens is 2. The predicted molar refractivity (Wildman–Crippen MR) is 98.7 cm³/mol. The number of nitrogens with zero attached hydrogens (tertiary/aromatic N) is 1. The zero-order chi connectivity index (χ0) is 22.7. The summed E-state index contributed by atoms with van der Waals surface area (Å²) in [5.74, 6) is -5.23. The molecule has 3 unspecified atom stereocenters. The summed E-state index contributed by atoms with van der Waals surface area (Å²) in [6.45, 7) is -1.30. The van der Waals surface area contributed by atoms with Gasteiger partial charge in [0.15, 0.2) is 0 Å². The third-order valence-electron chi connectivity index (χ3n) is 3.89. The normalized spacial score (nSPS) is 13.5. The number of aliphatic hydroxyl groups is 1. The van der Waals surface area contributed by atoms with Gasteiger partial charge in [0.2, 0.25) is 17.7 Å². The second-order valence-corrected chi connectivity index (χ2v) is 6.18. The smallest absolute Gasteiger partial charge is 0.328 e. The van der Waals surface area contributed by atoms with Crippen LogP contribution in [0.2, 0.25) is 0 Å². The van der Waals surface area contributed by atoms with Crippen molar-refractivity contribution in [2.75, 3.05) is 13.2 Å². The molecule has 3 atom stereocenters. The molecular weight excluding hydrogens is 404 g/mol. The highest BCUT2D eigenvalue weighted by Gasteiger charge is 2.30. The summed E-state index contributed by atoms with van der Waals surface area (Å²) < 4.78 is 0. The minimum Gasteiger partial charge on any atom is -0.481 e. The van der Waals surface area contributed by atoms with E-state index in [4.69, 9.17) is 21.1 Å². The largest absolute Gasteiger partial charge is 0.481 e. The van der Waals surface area contributed by atoms with E-state index in [1.54, 1.807) is 0 Å². The number of nitrogens with one attached hydrogen (secondary N) is 4. The van der Waals surface area contributed by atoms with Crippen LogP contribution in [0, 0.1) is 0 Å². The highest BCUT2D eigenvalue weighted by atomic mass is 16.4. The number of hydrogen-bond acceptors (Lipinski definition) is 8. The molecule has 1 heterocycles. The van der Waals surface area contributed by atoms with Gasteiger partial charge in [-0.2, -0.15) is 0 Å². The summed E-state index contributed by atoms with van der Waals surface area (Å²) in [6, 6.07) is -4.24. The summed E-state index contributed by atoms with van der Waals surface area (Å²) in [7, 11) is 0. The Morgan fingerprint density at radius 3 is 2.17 bits per heavy atom. The molecule has 9 N–H and O–H groups in total. The summed E-state index contributed by atoms with van der Waals surface area (Å²) in [5.41, 5.74) is 5.74. The van der Waals surface area contributed by atoms with Crippen LogP contribution < -0.4 is 21.7 Å². The van der Waals surface area contributed by atoms with Crippen molar-refractivity contribution in [2.24, 2.45) is 5.73 Å². The van der Waals surface area contributed by atoms with E-state index >= 15 is 0 Å². The molecule has 1 aromatic heterocycles. The number of carboxylic acid groups (broad SMARTS) is 2. The summed E-state index contributed by atoms with van der Waals surface area (Å²) >= 11 is 0. The van der Waals surface area contributed by atoms with E-state index < -0.39 is 67.4 Å². The topological polar surface area (TPSA) is 237 Å². The lowest BCUT2D eigenvalue weighted by Crippen LogP contribution is -2.57. The molecule has 0 aliphatic rings. The zero-order valence-corrected chi connectivity index (χ0v) is 15.8. The molecule has 3 amide bonds. The number of hydrogen-bond donors (Lipinski definition) is 8. The Morgan fingerprint density at radius 1 is 1.03 bits per heavy atom. The van der Waals surface area contributed by atoms with Crippen LogP contribution in [0.5, 0.6) is 0 Å². The first-order valence-corrected chi connectivity index (χ1v) is 8.80. The molecule has 1 aromatic rings. The minimum absolute atomic E-state index is 0.0285. The van der Waals surface area contributed by atoms with Gasteiger partial charge < -0.3 is 42.0 Å². The van der Waals surface area contributed by atoms with Crippen molar-refractivity contribution in [3.8, 4) is 0 Å². The van der Waals surface area contributed by atoms with Crippen molar-refractivity contribution in [1.82, 2.24) is 25.9 Å². The summed E-state index contributed by atoms with van der Waals surface area (Å²) in [4.78, 5) is 65.1. The van der Waals surface area contributed by atoms with E-state index in [1.807, 2.05) is 5.32 Å². The fraction of sp³-hybridized carbons (Fsp3) is 0.500. The van der Waals surface area contributed by atoms with Crippen LogP contribution >= 0.6 is 0 Å². The first-order chi connectivity index (χ1) is 14.2. The molecule has 14 nitrogen and oxygen atoms in total. The van der Waals surface area contributed by atoms with E-state index in [0.29, 0.717) is 5.69 Å². The average Bonchev–Trinajstić information content (AvgIpc) is 3.20. The Kier molecular flexibility index (Phi) is 9.91. The van der Waals surface area contributed by atoms with Gasteiger partial charge in [-0.15, -0.1) is 0 Å². The number of aromatic amines is 1. The fourth-order valence-electron chi connectivity index (χ4n) is 2.35. The lowest BCUT2D eigenvalue weighted by Gasteiger charge is -2.23. The van der Waals surface area contributed by atoms with Gasteiger partial charge in [-0.25, -0.2) is 9.78 Å². The average molecular weight is 428 g/mol. The Morgan fingerprint density at radius 2 is 1.67 bits per heavy atom. The highest BCUT2D eigenvalue weighted by Crippen LogP contribution is 2.04. The third kappa shape index (κ3) is 8.24. The second kappa shape index (κ2) is 12.1. The third-order valence-corrected chi connectivity index (χ3v) is 3.89. The number of carboxylic acids is 2. The molecule has 0 aromatic carbocycles. The first kappa shape index (κ1) is 24.5. The minimum atomic E-state index is -1.64. The van der Waals surface area contributed by atoms with Gasteiger partial charge >= 0.3 is 11.9 Å². The van der Waals surface area contributed by atoms with Crippen molar-refractivity contribution in [3.63, 3.8) is 0 Å². The number of aliphatic carboxylic acids is 2. The van der Waals surface area contributed by atoms with E-state index in [2.05, 4.69) is 20.6 Å².